The molecule has 2 rings (SSSR count). The maximum absolute atomic E-state index is 5.18. The first-order valence-electron chi connectivity index (χ1n) is 5.98. The number of pyridine rings is 1. The third-order valence-corrected chi connectivity index (χ3v) is 3.11. The monoisotopic (exact) mass is 242 g/mol. The van der Waals surface area contributed by atoms with Crippen molar-refractivity contribution in [1.82, 2.24) is 10.3 Å². The van der Waals surface area contributed by atoms with Gasteiger partial charge in [0.25, 0.3) is 0 Å². The summed E-state index contributed by atoms with van der Waals surface area (Å²) in [5, 5.41) is 3.34. The van der Waals surface area contributed by atoms with Crippen LogP contribution in [0.25, 0.3) is 0 Å². The Morgan fingerprint density at radius 3 is 2.44 bits per heavy atom. The molecule has 1 aromatic carbocycles. The van der Waals surface area contributed by atoms with Crippen LogP contribution in [0.5, 0.6) is 5.75 Å². The smallest absolute Gasteiger partial charge is 0.118 e. The van der Waals surface area contributed by atoms with E-state index in [1.807, 2.05) is 31.6 Å². The van der Waals surface area contributed by atoms with Crippen molar-refractivity contribution >= 4 is 0 Å². The molecule has 0 fully saturated rings. The minimum Gasteiger partial charge on any atom is -0.497 e. The molecule has 18 heavy (non-hydrogen) atoms. The Hall–Kier alpha value is -1.87. The van der Waals surface area contributed by atoms with Crippen LogP contribution < -0.4 is 10.1 Å². The van der Waals surface area contributed by atoms with E-state index in [0.717, 1.165) is 5.75 Å². The molecule has 2 aromatic rings. The van der Waals surface area contributed by atoms with Gasteiger partial charge in [-0.1, -0.05) is 12.1 Å². The van der Waals surface area contributed by atoms with Crippen molar-refractivity contribution in [2.45, 2.75) is 13.0 Å². The quantitative estimate of drug-likeness (QED) is 0.895. The summed E-state index contributed by atoms with van der Waals surface area (Å²) < 4.78 is 5.18. The molecule has 0 saturated heterocycles. The maximum atomic E-state index is 5.18. The number of nitrogens with one attached hydrogen (secondary N) is 1. The highest BCUT2D eigenvalue weighted by atomic mass is 16.5. The predicted molar refractivity (Wildman–Crippen MR) is 72.9 cm³/mol. The van der Waals surface area contributed by atoms with Crippen LogP contribution in [-0.4, -0.2) is 19.1 Å². The lowest BCUT2D eigenvalue weighted by Gasteiger charge is -2.19. The summed E-state index contributed by atoms with van der Waals surface area (Å²) >= 11 is 0. The summed E-state index contributed by atoms with van der Waals surface area (Å²) in [5.41, 5.74) is 3.65. The lowest BCUT2D eigenvalue weighted by atomic mass is 9.96. The number of nitrogens with zero attached hydrogens (tertiary/aromatic N) is 1. The van der Waals surface area contributed by atoms with Crippen molar-refractivity contribution in [2.75, 3.05) is 14.2 Å². The molecule has 0 aliphatic carbocycles. The number of ether oxygens (including phenoxy) is 1. The molecular weight excluding hydrogens is 224 g/mol. The van der Waals surface area contributed by atoms with Crippen LogP contribution in [0.4, 0.5) is 0 Å². The third-order valence-electron chi connectivity index (χ3n) is 3.11. The van der Waals surface area contributed by atoms with Gasteiger partial charge < -0.3 is 10.1 Å². The van der Waals surface area contributed by atoms with Crippen LogP contribution >= 0.6 is 0 Å². The summed E-state index contributed by atoms with van der Waals surface area (Å²) in [4.78, 5) is 4.13. The molecule has 1 heterocycles. The van der Waals surface area contributed by atoms with E-state index in [9.17, 15) is 0 Å². The molecule has 0 amide bonds. The molecule has 3 heteroatoms. The molecule has 0 saturated carbocycles. The lowest BCUT2D eigenvalue weighted by molar-refractivity contribution is 0.414. The molecule has 0 radical (unpaired) electrons. The van der Waals surface area contributed by atoms with Crippen LogP contribution in [0.1, 0.15) is 22.7 Å². The average molecular weight is 242 g/mol. The second kappa shape index (κ2) is 5.65. The van der Waals surface area contributed by atoms with Crippen LogP contribution in [0.15, 0.2) is 42.7 Å². The second-order valence-electron chi connectivity index (χ2n) is 4.23. The van der Waals surface area contributed by atoms with E-state index in [4.69, 9.17) is 4.74 Å². The van der Waals surface area contributed by atoms with Crippen molar-refractivity contribution < 1.29 is 4.74 Å². The first-order chi connectivity index (χ1) is 8.76. The molecule has 3 nitrogen and oxygen atoms in total. The molecule has 0 aliphatic rings. The fourth-order valence-corrected chi connectivity index (χ4v) is 2.11. The molecule has 1 aromatic heterocycles. The van der Waals surface area contributed by atoms with Crippen molar-refractivity contribution in [2.24, 2.45) is 0 Å². The molecule has 1 N–H and O–H groups in total. The van der Waals surface area contributed by atoms with Gasteiger partial charge in [-0.05, 0) is 48.9 Å². The molecule has 0 bridgehead atoms. The van der Waals surface area contributed by atoms with E-state index in [-0.39, 0.29) is 6.04 Å². The van der Waals surface area contributed by atoms with Gasteiger partial charge in [0.2, 0.25) is 0 Å². The van der Waals surface area contributed by atoms with Crippen molar-refractivity contribution in [3.63, 3.8) is 0 Å². The third kappa shape index (κ3) is 2.51. The van der Waals surface area contributed by atoms with Crippen LogP contribution in [-0.2, 0) is 0 Å². The van der Waals surface area contributed by atoms with E-state index in [1.54, 1.807) is 7.11 Å². The molecule has 1 unspecified atom stereocenters. The summed E-state index contributed by atoms with van der Waals surface area (Å²) in [6.07, 6.45) is 3.72. The number of aromatic nitrogens is 1. The second-order valence-corrected chi connectivity index (χ2v) is 4.23. The standard InChI is InChI=1S/C15H18N2O/c1-11-10-17-9-8-14(11)15(16-2)12-4-6-13(18-3)7-5-12/h4-10,15-16H,1-3H3. The number of methoxy groups -OCH3 is 1. The van der Waals surface area contributed by atoms with Gasteiger partial charge >= 0.3 is 0 Å². The zero-order valence-corrected chi connectivity index (χ0v) is 11.0. The van der Waals surface area contributed by atoms with Gasteiger partial charge in [0.1, 0.15) is 5.75 Å². The minimum absolute atomic E-state index is 0.180. The fraction of sp³-hybridized carbons (Fsp3) is 0.267. The van der Waals surface area contributed by atoms with E-state index in [2.05, 4.69) is 35.4 Å². The maximum Gasteiger partial charge on any atom is 0.118 e. The molecule has 94 valence electrons. The molecule has 0 aliphatic heterocycles. The number of aryl methyl sites for hydroxylation is 1. The first-order valence-corrected chi connectivity index (χ1v) is 5.98. The van der Waals surface area contributed by atoms with Crippen LogP contribution in [0.2, 0.25) is 0 Å². The summed E-state index contributed by atoms with van der Waals surface area (Å²) in [5.74, 6) is 0.875. The normalized spacial score (nSPS) is 12.2. The van der Waals surface area contributed by atoms with Gasteiger partial charge in [0.15, 0.2) is 0 Å². The van der Waals surface area contributed by atoms with Gasteiger partial charge in [0.05, 0.1) is 13.2 Å². The Morgan fingerprint density at radius 1 is 1.17 bits per heavy atom. The van der Waals surface area contributed by atoms with Crippen molar-refractivity contribution in [3.8, 4) is 5.75 Å². The Bertz CT molecular complexity index is 508. The van der Waals surface area contributed by atoms with Gasteiger partial charge in [-0.25, -0.2) is 0 Å². The van der Waals surface area contributed by atoms with Gasteiger partial charge in [-0.15, -0.1) is 0 Å². The zero-order chi connectivity index (χ0) is 13.0. The Balaban J connectivity index is 2.36. The zero-order valence-electron chi connectivity index (χ0n) is 11.0. The minimum atomic E-state index is 0.180. The topological polar surface area (TPSA) is 34.1 Å². The van der Waals surface area contributed by atoms with Crippen LogP contribution in [0.3, 0.4) is 0 Å². The van der Waals surface area contributed by atoms with E-state index in [0.29, 0.717) is 0 Å². The number of rotatable bonds is 4. The van der Waals surface area contributed by atoms with Gasteiger partial charge in [0, 0.05) is 12.4 Å². The SMILES string of the molecule is CNC(c1ccc(OC)cc1)c1ccncc1C. The van der Waals surface area contributed by atoms with Gasteiger partial charge in [-0.2, -0.15) is 0 Å². The largest absolute Gasteiger partial charge is 0.497 e. The Kier molecular flexibility index (Phi) is 3.95. The molecule has 0 spiro atoms. The molecule has 1 atom stereocenters. The first kappa shape index (κ1) is 12.6. The number of hydrogen-bond acceptors (Lipinski definition) is 3. The van der Waals surface area contributed by atoms with Crippen molar-refractivity contribution in [3.05, 3.63) is 59.4 Å². The Labute approximate surface area is 108 Å². The summed E-state index contributed by atoms with van der Waals surface area (Å²) in [6.45, 7) is 2.08. The predicted octanol–water partition coefficient (Wildman–Crippen LogP) is 2.71. The Morgan fingerprint density at radius 2 is 1.89 bits per heavy atom. The fourth-order valence-electron chi connectivity index (χ4n) is 2.11. The van der Waals surface area contributed by atoms with Crippen molar-refractivity contribution in [1.29, 1.82) is 0 Å². The average Bonchev–Trinajstić information content (AvgIpc) is 2.42. The number of benzene rings is 1. The lowest BCUT2D eigenvalue weighted by Crippen LogP contribution is -2.18. The highest BCUT2D eigenvalue weighted by Crippen LogP contribution is 2.25. The van der Waals surface area contributed by atoms with E-state index < -0.39 is 0 Å². The van der Waals surface area contributed by atoms with Crippen LogP contribution in [0, 0.1) is 6.92 Å². The van der Waals surface area contributed by atoms with E-state index in [1.165, 1.54) is 16.7 Å². The highest BCUT2D eigenvalue weighted by Gasteiger charge is 2.13. The number of hydrogen-bond donors (Lipinski definition) is 1. The molecular formula is C15H18N2O. The van der Waals surface area contributed by atoms with Gasteiger partial charge in [-0.3, -0.25) is 4.98 Å². The summed E-state index contributed by atoms with van der Waals surface area (Å²) in [7, 11) is 3.65. The summed E-state index contributed by atoms with van der Waals surface area (Å²) in [6, 6.07) is 10.4. The van der Waals surface area contributed by atoms with E-state index >= 15 is 0 Å². The highest BCUT2D eigenvalue weighted by molar-refractivity contribution is 5.37.